The number of methoxy groups -OCH3 is 1. The summed E-state index contributed by atoms with van der Waals surface area (Å²) in [6.07, 6.45) is 8.50. The molecule has 0 atom stereocenters. The normalized spacial score (nSPS) is 15.8. The van der Waals surface area contributed by atoms with Crippen molar-refractivity contribution < 1.29 is 38.1 Å². The number of hydrogen-bond acceptors (Lipinski definition) is 3. The first-order valence-corrected chi connectivity index (χ1v) is 10.6. The van der Waals surface area contributed by atoms with Crippen LogP contribution in [0.1, 0.15) is 42.3 Å². The Morgan fingerprint density at radius 3 is 2.59 bits per heavy atom. The van der Waals surface area contributed by atoms with E-state index in [-0.39, 0.29) is 35.4 Å². The third kappa shape index (κ3) is 4.06. The number of carbonyl (C=O) groups is 1. The number of halogens is 1. The number of aryl methyl sites for hydroxylation is 1. The smallest absolute Gasteiger partial charge is 0.337 e. The molecule has 32 heavy (non-hydrogen) atoms. The molecule has 4 nitrogen and oxygen atoms in total. The lowest BCUT2D eigenvalue weighted by molar-refractivity contribution is -0.667. The van der Waals surface area contributed by atoms with E-state index in [1.165, 1.54) is 24.1 Å². The van der Waals surface area contributed by atoms with Crippen LogP contribution in [0.5, 0.6) is 0 Å². The van der Waals surface area contributed by atoms with E-state index in [9.17, 15) is 4.79 Å². The molecule has 166 valence electrons. The van der Waals surface area contributed by atoms with Gasteiger partial charge >= 0.3 is 5.97 Å². The molecular formula is C27H29IN2O2. The summed E-state index contributed by atoms with van der Waals surface area (Å²) in [6.45, 7) is 7.50. The number of benzene rings is 2. The lowest BCUT2D eigenvalue weighted by Gasteiger charge is -2.23. The van der Waals surface area contributed by atoms with Crippen LogP contribution in [0, 0.1) is 0 Å². The molecule has 1 aliphatic rings. The molecular weight excluding hydrogens is 511 g/mol. The molecule has 1 aliphatic heterocycles. The highest BCUT2D eigenvalue weighted by atomic mass is 127. The van der Waals surface area contributed by atoms with Crippen molar-refractivity contribution in [2.45, 2.75) is 32.7 Å². The van der Waals surface area contributed by atoms with Gasteiger partial charge in [0, 0.05) is 36.0 Å². The molecule has 1 aromatic heterocycles. The Hall–Kier alpha value is -2.67. The van der Waals surface area contributed by atoms with Gasteiger partial charge in [-0.15, -0.1) is 0 Å². The predicted molar refractivity (Wildman–Crippen MR) is 126 cm³/mol. The maximum Gasteiger partial charge on any atom is 0.337 e. The van der Waals surface area contributed by atoms with Gasteiger partial charge in [-0.2, -0.15) is 4.57 Å². The van der Waals surface area contributed by atoms with Crippen molar-refractivity contribution in [3.63, 3.8) is 0 Å². The van der Waals surface area contributed by atoms with Crippen LogP contribution in [0.15, 0.2) is 72.6 Å². The summed E-state index contributed by atoms with van der Waals surface area (Å²) in [4.78, 5) is 14.3. The molecule has 3 aromatic rings. The molecule has 0 radical (unpaired) electrons. The second kappa shape index (κ2) is 9.45. The van der Waals surface area contributed by atoms with E-state index in [2.05, 4.69) is 92.0 Å². The highest BCUT2D eigenvalue weighted by Crippen LogP contribution is 2.46. The van der Waals surface area contributed by atoms with Crippen LogP contribution in [0.2, 0.25) is 0 Å². The van der Waals surface area contributed by atoms with Crippen LogP contribution in [0.25, 0.3) is 17.0 Å². The van der Waals surface area contributed by atoms with Crippen molar-refractivity contribution in [3.05, 3.63) is 89.3 Å². The Bertz CT molecular complexity index is 1230. The minimum atomic E-state index is -0.321. The largest absolute Gasteiger partial charge is 1.00 e. The maximum absolute atomic E-state index is 12.1. The van der Waals surface area contributed by atoms with Gasteiger partial charge in [0.15, 0.2) is 6.20 Å². The number of likely N-dealkylation sites (N-methyl/N-ethyl adjacent to an activating group) is 1. The Morgan fingerprint density at radius 1 is 1.16 bits per heavy atom. The van der Waals surface area contributed by atoms with Gasteiger partial charge in [-0.25, -0.2) is 4.79 Å². The highest BCUT2D eigenvalue weighted by Gasteiger charge is 2.37. The van der Waals surface area contributed by atoms with Gasteiger partial charge in [0.1, 0.15) is 6.54 Å². The molecule has 2 heterocycles. The number of fused-ring (bicyclic) bond motifs is 2. The van der Waals surface area contributed by atoms with Crippen LogP contribution < -0.4 is 33.4 Å². The summed E-state index contributed by atoms with van der Waals surface area (Å²) in [5.41, 5.74) is 6.51. The van der Waals surface area contributed by atoms with Crippen LogP contribution >= 0.6 is 0 Å². The van der Waals surface area contributed by atoms with E-state index in [0.717, 1.165) is 23.0 Å². The zero-order valence-electron chi connectivity index (χ0n) is 19.2. The summed E-state index contributed by atoms with van der Waals surface area (Å²) in [6, 6.07) is 16.4. The molecule has 0 amide bonds. The highest BCUT2D eigenvalue weighted by molar-refractivity contribution is 5.96. The topological polar surface area (TPSA) is 33.4 Å². The number of hydrogen-bond donors (Lipinski definition) is 0. The van der Waals surface area contributed by atoms with Crippen molar-refractivity contribution in [1.29, 1.82) is 0 Å². The monoisotopic (exact) mass is 540 g/mol. The number of allylic oxidation sites excluding steroid dienone is 3. The Kier molecular flexibility index (Phi) is 7.08. The molecule has 4 rings (SSSR count). The molecule has 0 unspecified atom stereocenters. The van der Waals surface area contributed by atoms with E-state index >= 15 is 0 Å². The van der Waals surface area contributed by atoms with Crippen molar-refractivity contribution in [2.24, 2.45) is 0 Å². The number of nitrogens with zero attached hydrogens (tertiary/aromatic N) is 2. The molecule has 0 N–H and O–H groups in total. The average Bonchev–Trinajstić information content (AvgIpc) is 2.98. The SMILES string of the molecule is CC[n+]1ccc(/C=C/C=C2/N(C)c3ccccc3C2(C)C)c2cc(C(=O)OC)ccc21.[I-]. The summed E-state index contributed by atoms with van der Waals surface area (Å²) >= 11 is 0. The lowest BCUT2D eigenvalue weighted by Crippen LogP contribution is -3.00. The lowest BCUT2D eigenvalue weighted by atomic mass is 9.84. The average molecular weight is 540 g/mol. The van der Waals surface area contributed by atoms with Gasteiger partial charge in [-0.3, -0.25) is 0 Å². The number of anilines is 1. The van der Waals surface area contributed by atoms with Gasteiger partial charge in [0.2, 0.25) is 5.52 Å². The number of ether oxygens (including phenoxy) is 1. The van der Waals surface area contributed by atoms with E-state index in [1.807, 2.05) is 18.2 Å². The van der Waals surface area contributed by atoms with Crippen molar-refractivity contribution in [1.82, 2.24) is 0 Å². The second-order valence-corrected chi connectivity index (χ2v) is 8.39. The van der Waals surface area contributed by atoms with E-state index in [4.69, 9.17) is 4.74 Å². The fourth-order valence-electron chi connectivity index (χ4n) is 4.57. The molecule has 0 saturated heterocycles. The Balaban J connectivity index is 0.00000289. The quantitative estimate of drug-likeness (QED) is 0.290. The first-order chi connectivity index (χ1) is 14.9. The Morgan fingerprint density at radius 2 is 1.91 bits per heavy atom. The zero-order chi connectivity index (χ0) is 22.2. The number of esters is 1. The third-order valence-electron chi connectivity index (χ3n) is 6.28. The third-order valence-corrected chi connectivity index (χ3v) is 6.28. The standard InChI is InChI=1S/C27H29N2O2.HI/c1-6-29-17-16-19(21-18-20(26(30)31-5)14-15-23(21)29)10-9-13-25-27(2,3)22-11-7-8-12-24(22)28(25)4;/h7-18H,6H2,1-5H3;1H/q+1;/p-1. The first-order valence-electron chi connectivity index (χ1n) is 10.6. The van der Waals surface area contributed by atoms with Crippen LogP contribution in [-0.2, 0) is 16.7 Å². The van der Waals surface area contributed by atoms with E-state index < -0.39 is 0 Å². The van der Waals surface area contributed by atoms with Gasteiger partial charge in [0.05, 0.1) is 18.1 Å². The van der Waals surface area contributed by atoms with Gasteiger partial charge in [-0.1, -0.05) is 44.2 Å². The van der Waals surface area contributed by atoms with Crippen LogP contribution in [0.4, 0.5) is 5.69 Å². The molecule has 0 fully saturated rings. The molecule has 0 aliphatic carbocycles. The van der Waals surface area contributed by atoms with E-state index in [1.54, 1.807) is 0 Å². The minimum Gasteiger partial charge on any atom is -1.00 e. The van der Waals surface area contributed by atoms with Crippen molar-refractivity contribution in [3.8, 4) is 0 Å². The van der Waals surface area contributed by atoms with Crippen molar-refractivity contribution in [2.75, 3.05) is 19.1 Å². The first kappa shape index (κ1) is 24.0. The second-order valence-electron chi connectivity index (χ2n) is 8.39. The molecule has 0 spiro atoms. The summed E-state index contributed by atoms with van der Waals surface area (Å²) in [5.74, 6) is -0.321. The minimum absolute atomic E-state index is 0. The molecule has 0 saturated carbocycles. The van der Waals surface area contributed by atoms with Gasteiger partial charge in [-0.05, 0) is 42.3 Å². The number of carbonyl (C=O) groups excluding carboxylic acids is 1. The number of rotatable bonds is 4. The van der Waals surface area contributed by atoms with Gasteiger partial charge in [0.25, 0.3) is 0 Å². The molecule has 5 heteroatoms. The van der Waals surface area contributed by atoms with Crippen molar-refractivity contribution >= 4 is 28.6 Å². The summed E-state index contributed by atoms with van der Waals surface area (Å²) in [7, 11) is 3.53. The predicted octanol–water partition coefficient (Wildman–Crippen LogP) is 2.26. The Labute approximate surface area is 207 Å². The zero-order valence-corrected chi connectivity index (χ0v) is 21.4. The van der Waals surface area contributed by atoms with Crippen LogP contribution in [0.3, 0.4) is 0 Å². The summed E-state index contributed by atoms with van der Waals surface area (Å²) < 4.78 is 7.09. The number of para-hydroxylation sites is 1. The van der Waals surface area contributed by atoms with E-state index in [0.29, 0.717) is 5.56 Å². The van der Waals surface area contributed by atoms with Gasteiger partial charge < -0.3 is 33.6 Å². The fraction of sp³-hybridized carbons (Fsp3) is 0.259. The van der Waals surface area contributed by atoms with Crippen LogP contribution in [-0.4, -0.2) is 20.1 Å². The molecule has 0 bridgehead atoms. The molecule has 2 aromatic carbocycles. The number of aromatic nitrogens is 1. The number of pyridine rings is 1. The fourth-order valence-corrected chi connectivity index (χ4v) is 4.57. The summed E-state index contributed by atoms with van der Waals surface area (Å²) in [5, 5.41) is 1.03. The maximum atomic E-state index is 12.1.